The Hall–Kier alpha value is -1.41. The lowest BCUT2D eigenvalue weighted by molar-refractivity contribution is -0.156. The maximum absolute atomic E-state index is 11.2. The van der Waals surface area contributed by atoms with E-state index < -0.39 is 18.2 Å². The molecule has 0 saturated heterocycles. The molecule has 2 aromatic heterocycles. The summed E-state index contributed by atoms with van der Waals surface area (Å²) in [5.41, 5.74) is 0.464. The second kappa shape index (κ2) is 5.30. The molecule has 0 fully saturated rings. The lowest BCUT2D eigenvalue weighted by Gasteiger charge is -2.15. The third kappa shape index (κ3) is 2.50. The van der Waals surface area contributed by atoms with E-state index in [-0.39, 0.29) is 27.0 Å². The van der Waals surface area contributed by atoms with E-state index in [0.29, 0.717) is 0 Å². The highest BCUT2D eigenvalue weighted by atomic mass is 35.5. The highest BCUT2D eigenvalue weighted by Gasteiger charge is 2.29. The Morgan fingerprint density at radius 3 is 2.74 bits per heavy atom. The fraction of sp³-hybridized carbons (Fsp3) is 0.300. The number of rotatable bonds is 3. The number of nitrogens with one attached hydrogen (secondary N) is 1. The molecule has 0 aliphatic heterocycles. The second-order valence-corrected chi connectivity index (χ2v) is 4.36. The van der Waals surface area contributed by atoms with Crippen LogP contribution >= 0.6 is 23.2 Å². The molecule has 102 valence electrons. The maximum Gasteiger partial charge on any atom is 0.337 e. The van der Waals surface area contributed by atoms with Gasteiger partial charge in [0.1, 0.15) is 16.9 Å². The van der Waals surface area contributed by atoms with Crippen molar-refractivity contribution >= 4 is 40.2 Å². The van der Waals surface area contributed by atoms with E-state index in [0.717, 1.165) is 7.11 Å². The maximum atomic E-state index is 11.2. The Morgan fingerprint density at radius 1 is 1.42 bits per heavy atom. The van der Waals surface area contributed by atoms with Crippen LogP contribution in [0.25, 0.3) is 11.0 Å². The molecule has 9 heteroatoms. The van der Waals surface area contributed by atoms with Crippen molar-refractivity contribution in [2.45, 2.75) is 12.2 Å². The highest BCUT2D eigenvalue weighted by Crippen LogP contribution is 2.30. The predicted molar refractivity (Wildman–Crippen MR) is 66.9 cm³/mol. The summed E-state index contributed by atoms with van der Waals surface area (Å²) < 4.78 is 4.35. The van der Waals surface area contributed by atoms with Gasteiger partial charge in [-0.05, 0) is 11.6 Å². The van der Waals surface area contributed by atoms with E-state index in [1.54, 1.807) is 0 Å². The quantitative estimate of drug-likeness (QED) is 0.440. The molecule has 0 aliphatic rings. The first-order valence-electron chi connectivity index (χ1n) is 5.09. The van der Waals surface area contributed by atoms with E-state index in [2.05, 4.69) is 19.7 Å². The minimum atomic E-state index is -1.74. The Kier molecular flexibility index (Phi) is 3.91. The molecule has 0 amide bonds. The molecule has 2 aromatic rings. The normalized spacial score (nSPS) is 14.4. The van der Waals surface area contributed by atoms with Crippen molar-refractivity contribution in [2.75, 3.05) is 7.11 Å². The standard InChI is InChI=1S/C10H9Cl2N3O4/c1-19-9(18)6(17)5(16)3-2-13-8-4(3)7(11)14-10(12)15-8/h2,5-6,16-17H,1H3,(H,13,14,15). The number of hydrogen-bond acceptors (Lipinski definition) is 6. The monoisotopic (exact) mass is 305 g/mol. The number of hydrogen-bond donors (Lipinski definition) is 3. The van der Waals surface area contributed by atoms with Crippen molar-refractivity contribution in [1.82, 2.24) is 15.0 Å². The number of halogens is 2. The first-order valence-corrected chi connectivity index (χ1v) is 5.85. The van der Waals surface area contributed by atoms with Crippen LogP contribution < -0.4 is 0 Å². The zero-order chi connectivity index (χ0) is 14.2. The molecule has 2 atom stereocenters. The topological polar surface area (TPSA) is 108 Å². The zero-order valence-electron chi connectivity index (χ0n) is 9.59. The smallest absolute Gasteiger partial charge is 0.337 e. The molecular weight excluding hydrogens is 297 g/mol. The Labute approximate surface area is 117 Å². The van der Waals surface area contributed by atoms with E-state index in [1.165, 1.54) is 6.20 Å². The van der Waals surface area contributed by atoms with Gasteiger partial charge in [0.15, 0.2) is 6.10 Å². The lowest BCUT2D eigenvalue weighted by Crippen LogP contribution is -2.28. The van der Waals surface area contributed by atoms with Gasteiger partial charge in [-0.3, -0.25) is 0 Å². The van der Waals surface area contributed by atoms with E-state index >= 15 is 0 Å². The van der Waals surface area contributed by atoms with Gasteiger partial charge < -0.3 is 19.9 Å². The van der Waals surface area contributed by atoms with Crippen molar-refractivity contribution in [3.63, 3.8) is 0 Å². The molecule has 2 unspecified atom stereocenters. The van der Waals surface area contributed by atoms with Crippen molar-refractivity contribution < 1.29 is 19.7 Å². The number of ether oxygens (including phenoxy) is 1. The molecule has 0 aromatic carbocycles. The molecule has 3 N–H and O–H groups in total. The average Bonchev–Trinajstić information content (AvgIpc) is 2.79. The fourth-order valence-electron chi connectivity index (χ4n) is 1.64. The summed E-state index contributed by atoms with van der Waals surface area (Å²) in [5, 5.41) is 19.8. The zero-order valence-corrected chi connectivity index (χ0v) is 11.1. The van der Waals surface area contributed by atoms with Gasteiger partial charge >= 0.3 is 5.97 Å². The molecule has 0 saturated carbocycles. The van der Waals surface area contributed by atoms with Gasteiger partial charge in [-0.25, -0.2) is 9.78 Å². The molecule has 0 spiro atoms. The summed E-state index contributed by atoms with van der Waals surface area (Å²) >= 11 is 11.5. The Bertz CT molecular complexity index is 631. The van der Waals surface area contributed by atoms with Crippen LogP contribution in [0.4, 0.5) is 0 Å². The number of fused-ring (bicyclic) bond motifs is 1. The van der Waals surface area contributed by atoms with Gasteiger partial charge in [-0.1, -0.05) is 11.6 Å². The van der Waals surface area contributed by atoms with Gasteiger partial charge in [-0.15, -0.1) is 0 Å². The van der Waals surface area contributed by atoms with Crippen molar-refractivity contribution in [2.24, 2.45) is 0 Å². The summed E-state index contributed by atoms with van der Waals surface area (Å²) in [7, 11) is 1.10. The summed E-state index contributed by atoms with van der Waals surface area (Å²) in [6.07, 6.45) is -1.91. The molecule has 0 bridgehead atoms. The molecule has 0 aliphatic carbocycles. The molecule has 2 heterocycles. The van der Waals surface area contributed by atoms with E-state index in [9.17, 15) is 15.0 Å². The minimum absolute atomic E-state index is 0.00219. The molecule has 0 radical (unpaired) electrons. The summed E-state index contributed by atoms with van der Waals surface area (Å²) in [5.74, 6) is -0.965. The van der Waals surface area contributed by atoms with Crippen LogP contribution in [0.2, 0.25) is 10.4 Å². The number of esters is 1. The number of nitrogens with zero attached hydrogens (tertiary/aromatic N) is 2. The van der Waals surface area contributed by atoms with Crippen LogP contribution in [0.5, 0.6) is 0 Å². The van der Waals surface area contributed by atoms with Gasteiger partial charge in [0.05, 0.1) is 12.5 Å². The van der Waals surface area contributed by atoms with Crippen LogP contribution in [0.15, 0.2) is 6.20 Å². The van der Waals surface area contributed by atoms with Crippen LogP contribution in [0, 0.1) is 0 Å². The number of aliphatic hydroxyl groups excluding tert-OH is 2. The first kappa shape index (κ1) is 14.0. The number of H-pyrrole nitrogens is 1. The largest absolute Gasteiger partial charge is 0.467 e. The van der Waals surface area contributed by atoms with Gasteiger partial charge in [0.25, 0.3) is 0 Å². The van der Waals surface area contributed by atoms with Crippen LogP contribution in [0.3, 0.4) is 0 Å². The summed E-state index contributed by atoms with van der Waals surface area (Å²) in [6.45, 7) is 0. The Morgan fingerprint density at radius 2 is 2.11 bits per heavy atom. The molecule has 7 nitrogen and oxygen atoms in total. The van der Waals surface area contributed by atoms with Crippen molar-refractivity contribution in [3.05, 3.63) is 22.2 Å². The average molecular weight is 306 g/mol. The SMILES string of the molecule is COC(=O)C(O)C(O)c1c[nH]c2nc(Cl)nc(Cl)c12. The van der Waals surface area contributed by atoms with E-state index in [1.807, 2.05) is 0 Å². The number of aliphatic hydroxyl groups is 2. The van der Waals surface area contributed by atoms with Gasteiger partial charge in [0, 0.05) is 11.8 Å². The molecule has 19 heavy (non-hydrogen) atoms. The first-order chi connectivity index (χ1) is 8.95. The number of aromatic amines is 1. The number of carbonyl (C=O) groups is 1. The van der Waals surface area contributed by atoms with Crippen LogP contribution in [-0.2, 0) is 9.53 Å². The third-order valence-corrected chi connectivity index (χ3v) is 2.99. The summed E-state index contributed by atoms with van der Waals surface area (Å²) in [6, 6.07) is 0. The number of carbonyl (C=O) groups excluding carboxylic acids is 1. The number of aromatic nitrogens is 3. The van der Waals surface area contributed by atoms with Crippen LogP contribution in [-0.4, -0.2) is 44.3 Å². The van der Waals surface area contributed by atoms with Gasteiger partial charge in [-0.2, -0.15) is 4.98 Å². The fourth-order valence-corrected chi connectivity index (χ4v) is 2.13. The minimum Gasteiger partial charge on any atom is -0.467 e. The second-order valence-electron chi connectivity index (χ2n) is 3.66. The van der Waals surface area contributed by atoms with Crippen molar-refractivity contribution in [3.8, 4) is 0 Å². The molecule has 2 rings (SSSR count). The number of methoxy groups -OCH3 is 1. The highest BCUT2D eigenvalue weighted by molar-refractivity contribution is 6.35. The predicted octanol–water partition coefficient (Wildman–Crippen LogP) is 0.832. The van der Waals surface area contributed by atoms with E-state index in [4.69, 9.17) is 23.2 Å². The summed E-state index contributed by atoms with van der Waals surface area (Å²) in [4.78, 5) is 21.5. The van der Waals surface area contributed by atoms with Crippen LogP contribution in [0.1, 0.15) is 11.7 Å². The molecular formula is C10H9Cl2N3O4. The lowest BCUT2D eigenvalue weighted by atomic mass is 10.1. The Balaban J connectivity index is 2.49. The van der Waals surface area contributed by atoms with Crippen molar-refractivity contribution in [1.29, 1.82) is 0 Å². The third-order valence-electron chi connectivity index (χ3n) is 2.55. The van der Waals surface area contributed by atoms with Gasteiger partial charge in [0.2, 0.25) is 5.28 Å².